The monoisotopic (exact) mass is 260 g/mol. The summed E-state index contributed by atoms with van der Waals surface area (Å²) in [5, 5.41) is 2.77. The Bertz CT molecular complexity index is 470. The first kappa shape index (κ1) is 13.6. The maximum Gasteiger partial charge on any atom is 0.325 e. The van der Waals surface area contributed by atoms with E-state index in [1.54, 1.807) is 0 Å². The second-order valence-corrected chi connectivity index (χ2v) is 5.43. The fraction of sp³-hybridized carbons (Fsp3) is 0.467. The Balaban J connectivity index is 2.16. The molecule has 0 aromatic heterocycles. The predicted molar refractivity (Wildman–Crippen MR) is 73.5 cm³/mol. The molecule has 102 valence electrons. The number of rotatable bonds is 4. The van der Waals surface area contributed by atoms with E-state index in [9.17, 15) is 9.59 Å². The molecule has 1 aliphatic heterocycles. The van der Waals surface area contributed by atoms with Crippen LogP contribution < -0.4 is 5.32 Å². The molecule has 0 saturated carbocycles. The molecule has 4 heteroatoms. The largest absolute Gasteiger partial charge is 0.326 e. The maximum atomic E-state index is 12.3. The van der Waals surface area contributed by atoms with Gasteiger partial charge in [-0.2, -0.15) is 0 Å². The Kier molecular flexibility index (Phi) is 3.88. The Morgan fingerprint density at radius 2 is 1.79 bits per heavy atom. The number of nitrogens with one attached hydrogen (secondary N) is 1. The number of carbonyl (C=O) groups is 2. The van der Waals surface area contributed by atoms with Gasteiger partial charge < -0.3 is 5.32 Å². The van der Waals surface area contributed by atoms with Gasteiger partial charge in [-0.1, -0.05) is 44.2 Å². The van der Waals surface area contributed by atoms with Gasteiger partial charge in [0, 0.05) is 0 Å². The third kappa shape index (κ3) is 2.78. The summed E-state index contributed by atoms with van der Waals surface area (Å²) in [5.41, 5.74) is 0.969. The van der Waals surface area contributed by atoms with Gasteiger partial charge in [0.25, 0.3) is 5.91 Å². The van der Waals surface area contributed by atoms with E-state index in [0.717, 1.165) is 5.56 Å². The molecule has 19 heavy (non-hydrogen) atoms. The molecular weight excluding hydrogens is 240 g/mol. The van der Waals surface area contributed by atoms with E-state index in [2.05, 4.69) is 5.32 Å². The van der Waals surface area contributed by atoms with Crippen LogP contribution in [0.15, 0.2) is 30.3 Å². The highest BCUT2D eigenvalue weighted by atomic mass is 16.2. The van der Waals surface area contributed by atoms with Crippen molar-refractivity contribution in [2.24, 2.45) is 5.92 Å². The Morgan fingerprint density at radius 1 is 1.16 bits per heavy atom. The molecule has 1 aromatic rings. The van der Waals surface area contributed by atoms with Crippen LogP contribution in [0.5, 0.6) is 0 Å². The summed E-state index contributed by atoms with van der Waals surface area (Å²) in [7, 11) is 0. The van der Waals surface area contributed by atoms with Crippen molar-refractivity contribution in [2.75, 3.05) is 0 Å². The first-order valence-electron chi connectivity index (χ1n) is 6.69. The lowest BCUT2D eigenvalue weighted by atomic mass is 10.0. The lowest BCUT2D eigenvalue weighted by Crippen LogP contribution is -2.34. The van der Waals surface area contributed by atoms with E-state index in [1.165, 1.54) is 4.90 Å². The molecule has 1 aliphatic rings. The van der Waals surface area contributed by atoms with E-state index in [4.69, 9.17) is 0 Å². The first-order chi connectivity index (χ1) is 9.00. The summed E-state index contributed by atoms with van der Waals surface area (Å²) in [6.07, 6.45) is 0.683. The predicted octanol–water partition coefficient (Wildman–Crippen LogP) is 2.71. The number of carbonyl (C=O) groups excluding carboxylic acids is 2. The van der Waals surface area contributed by atoms with Crippen LogP contribution in [0.1, 0.15) is 38.8 Å². The quantitative estimate of drug-likeness (QED) is 0.846. The SMILES string of the molecule is CC(C)CC1NC(=O)N([C@H](C)c2ccccc2)C1=O. The van der Waals surface area contributed by atoms with Crippen LogP contribution in [0.4, 0.5) is 4.79 Å². The fourth-order valence-electron chi connectivity index (χ4n) is 2.43. The Labute approximate surface area is 113 Å². The van der Waals surface area contributed by atoms with E-state index in [-0.39, 0.29) is 24.0 Å². The Morgan fingerprint density at radius 3 is 2.37 bits per heavy atom. The average Bonchev–Trinajstić information content (AvgIpc) is 2.64. The van der Waals surface area contributed by atoms with Crippen LogP contribution in [0.2, 0.25) is 0 Å². The maximum absolute atomic E-state index is 12.3. The number of amides is 3. The highest BCUT2D eigenvalue weighted by Crippen LogP contribution is 2.25. The van der Waals surface area contributed by atoms with Gasteiger partial charge in [0.1, 0.15) is 6.04 Å². The standard InChI is InChI=1S/C15H20N2O2/c1-10(2)9-13-14(18)17(15(19)16-13)11(3)12-7-5-4-6-8-12/h4-8,10-11,13H,9H2,1-3H3,(H,16,19)/t11-,13?/m1/s1. The van der Waals surface area contributed by atoms with Gasteiger partial charge >= 0.3 is 6.03 Å². The van der Waals surface area contributed by atoms with Gasteiger partial charge in [0.15, 0.2) is 0 Å². The van der Waals surface area contributed by atoms with E-state index >= 15 is 0 Å². The minimum absolute atomic E-state index is 0.116. The topological polar surface area (TPSA) is 49.4 Å². The number of urea groups is 1. The van der Waals surface area contributed by atoms with Crippen molar-refractivity contribution in [3.8, 4) is 0 Å². The number of nitrogens with zero attached hydrogens (tertiary/aromatic N) is 1. The summed E-state index contributed by atoms with van der Waals surface area (Å²) in [6.45, 7) is 5.97. The molecule has 3 amide bonds. The average molecular weight is 260 g/mol. The molecule has 1 heterocycles. The van der Waals surface area contributed by atoms with Gasteiger partial charge in [0.2, 0.25) is 0 Å². The zero-order valence-electron chi connectivity index (χ0n) is 11.6. The zero-order chi connectivity index (χ0) is 14.0. The highest BCUT2D eigenvalue weighted by molar-refractivity contribution is 6.04. The van der Waals surface area contributed by atoms with Crippen LogP contribution in [0, 0.1) is 5.92 Å². The molecule has 1 unspecified atom stereocenters. The van der Waals surface area contributed by atoms with Crippen molar-refractivity contribution in [1.29, 1.82) is 0 Å². The Hall–Kier alpha value is -1.84. The van der Waals surface area contributed by atoms with Gasteiger partial charge in [-0.25, -0.2) is 4.79 Å². The summed E-state index contributed by atoms with van der Waals surface area (Å²) in [5.74, 6) is 0.260. The van der Waals surface area contributed by atoms with Crippen molar-refractivity contribution in [3.63, 3.8) is 0 Å². The molecule has 1 saturated heterocycles. The van der Waals surface area contributed by atoms with Crippen molar-refractivity contribution < 1.29 is 9.59 Å². The number of hydrogen-bond acceptors (Lipinski definition) is 2. The molecule has 0 bridgehead atoms. The lowest BCUT2D eigenvalue weighted by molar-refractivity contribution is -0.129. The van der Waals surface area contributed by atoms with E-state index in [1.807, 2.05) is 51.1 Å². The van der Waals surface area contributed by atoms with Crippen molar-refractivity contribution in [3.05, 3.63) is 35.9 Å². The molecule has 2 rings (SSSR count). The second-order valence-electron chi connectivity index (χ2n) is 5.43. The molecule has 0 aliphatic carbocycles. The normalized spacial score (nSPS) is 20.8. The minimum Gasteiger partial charge on any atom is -0.326 e. The summed E-state index contributed by atoms with van der Waals surface area (Å²) >= 11 is 0. The molecule has 4 nitrogen and oxygen atoms in total. The fourth-order valence-corrected chi connectivity index (χ4v) is 2.43. The lowest BCUT2D eigenvalue weighted by Gasteiger charge is -2.22. The van der Waals surface area contributed by atoms with Gasteiger partial charge in [-0.3, -0.25) is 9.69 Å². The van der Waals surface area contributed by atoms with Crippen LogP contribution in [0.25, 0.3) is 0 Å². The van der Waals surface area contributed by atoms with Crippen molar-refractivity contribution in [2.45, 2.75) is 39.3 Å². The summed E-state index contributed by atoms with van der Waals surface area (Å²) in [4.78, 5) is 25.6. The minimum atomic E-state index is -0.376. The highest BCUT2D eigenvalue weighted by Gasteiger charge is 2.40. The number of benzene rings is 1. The third-order valence-electron chi connectivity index (χ3n) is 3.43. The number of hydrogen-bond donors (Lipinski definition) is 1. The molecule has 0 radical (unpaired) electrons. The molecule has 1 N–H and O–H groups in total. The number of imide groups is 1. The smallest absolute Gasteiger partial charge is 0.325 e. The van der Waals surface area contributed by atoms with Crippen molar-refractivity contribution >= 4 is 11.9 Å². The van der Waals surface area contributed by atoms with Gasteiger partial charge in [0.05, 0.1) is 6.04 Å². The molecule has 1 fully saturated rings. The zero-order valence-corrected chi connectivity index (χ0v) is 11.6. The van der Waals surface area contributed by atoms with Crippen LogP contribution in [0.3, 0.4) is 0 Å². The third-order valence-corrected chi connectivity index (χ3v) is 3.43. The summed E-state index contributed by atoms with van der Waals surface area (Å²) in [6, 6.07) is 8.72. The molecule has 0 spiro atoms. The second kappa shape index (κ2) is 5.43. The molecule has 1 aromatic carbocycles. The van der Waals surface area contributed by atoms with Crippen LogP contribution in [-0.4, -0.2) is 22.9 Å². The van der Waals surface area contributed by atoms with E-state index < -0.39 is 0 Å². The van der Waals surface area contributed by atoms with Crippen molar-refractivity contribution in [1.82, 2.24) is 10.2 Å². The summed E-state index contributed by atoms with van der Waals surface area (Å²) < 4.78 is 0. The van der Waals surface area contributed by atoms with Gasteiger partial charge in [-0.15, -0.1) is 0 Å². The van der Waals surface area contributed by atoms with Crippen LogP contribution >= 0.6 is 0 Å². The van der Waals surface area contributed by atoms with Crippen LogP contribution in [-0.2, 0) is 4.79 Å². The van der Waals surface area contributed by atoms with E-state index in [0.29, 0.717) is 12.3 Å². The molecule has 2 atom stereocenters. The first-order valence-corrected chi connectivity index (χ1v) is 6.69. The molecular formula is C15H20N2O2. The van der Waals surface area contributed by atoms with Gasteiger partial charge in [-0.05, 0) is 24.8 Å².